The van der Waals surface area contributed by atoms with E-state index in [9.17, 15) is 17.6 Å². The normalized spacial score (nSPS) is 18.8. The number of aromatic nitrogens is 1. The maximum absolute atomic E-state index is 14.7. The van der Waals surface area contributed by atoms with Gasteiger partial charge >= 0.3 is 0 Å². The van der Waals surface area contributed by atoms with Gasteiger partial charge in [-0.05, 0) is 61.8 Å². The maximum Gasteiger partial charge on any atom is 0.267 e. The molecule has 1 aliphatic heterocycles. The van der Waals surface area contributed by atoms with Crippen LogP contribution in [0.4, 0.5) is 10.2 Å². The van der Waals surface area contributed by atoms with E-state index in [2.05, 4.69) is 9.88 Å². The van der Waals surface area contributed by atoms with E-state index in [0.717, 1.165) is 55.4 Å². The molecule has 9 heteroatoms. The van der Waals surface area contributed by atoms with Crippen molar-refractivity contribution in [3.63, 3.8) is 0 Å². The van der Waals surface area contributed by atoms with Gasteiger partial charge in [0.25, 0.3) is 5.91 Å². The Kier molecular flexibility index (Phi) is 5.88. The van der Waals surface area contributed by atoms with Crippen molar-refractivity contribution in [2.24, 2.45) is 0 Å². The van der Waals surface area contributed by atoms with Gasteiger partial charge in [-0.25, -0.2) is 22.5 Å². The van der Waals surface area contributed by atoms with Crippen LogP contribution < -0.4 is 14.4 Å². The summed E-state index contributed by atoms with van der Waals surface area (Å²) in [5, 5.41) is 0. The summed E-state index contributed by atoms with van der Waals surface area (Å²) in [4.78, 5) is 18.9. The third kappa shape index (κ3) is 5.15. The monoisotopic (exact) mass is 447 g/mol. The number of benzene rings is 1. The molecule has 0 radical (unpaired) electrons. The van der Waals surface area contributed by atoms with E-state index in [4.69, 9.17) is 4.74 Å². The fourth-order valence-electron chi connectivity index (χ4n) is 3.93. The predicted octanol–water partition coefficient (Wildman–Crippen LogP) is 3.14. The average molecular weight is 448 g/mol. The number of hydrogen-bond acceptors (Lipinski definition) is 6. The number of pyridine rings is 1. The second kappa shape index (κ2) is 8.45. The van der Waals surface area contributed by atoms with Crippen LogP contribution in [0.2, 0.25) is 0 Å². The van der Waals surface area contributed by atoms with Crippen molar-refractivity contribution >= 4 is 21.7 Å². The van der Waals surface area contributed by atoms with E-state index < -0.39 is 21.7 Å². The zero-order valence-electron chi connectivity index (χ0n) is 17.6. The van der Waals surface area contributed by atoms with Crippen molar-refractivity contribution in [2.75, 3.05) is 24.3 Å². The lowest BCUT2D eigenvalue weighted by molar-refractivity contribution is 0.0977. The van der Waals surface area contributed by atoms with Gasteiger partial charge in [0.2, 0.25) is 10.0 Å². The van der Waals surface area contributed by atoms with Crippen molar-refractivity contribution in [3.05, 3.63) is 53.0 Å². The summed E-state index contributed by atoms with van der Waals surface area (Å²) >= 11 is 0. The molecule has 1 saturated carbocycles. The zero-order valence-corrected chi connectivity index (χ0v) is 18.4. The first kappa shape index (κ1) is 21.5. The second-order valence-corrected chi connectivity index (χ2v) is 10.1. The van der Waals surface area contributed by atoms with Gasteiger partial charge in [0.15, 0.2) is 0 Å². The van der Waals surface area contributed by atoms with Crippen molar-refractivity contribution < 1.29 is 22.3 Å². The minimum atomic E-state index is -3.78. The molecule has 1 amide bonds. The van der Waals surface area contributed by atoms with Crippen LogP contribution in [0.5, 0.6) is 5.75 Å². The standard InChI is InChI=1S/C22H26FN3O4S/c1-14-5-8-21(24-12-14)26-9-3-4-16(26)13-30-20-11-19(23)18(10-17(20)15-6-7-15)22(27)25-31(2,28)29/h5,8,10-12,15-16H,3-4,6-7,9,13H2,1-2H3,(H,25,27)/t16-/m1/s1. The summed E-state index contributed by atoms with van der Waals surface area (Å²) < 4.78 is 45.2. The molecule has 1 aromatic carbocycles. The Labute approximate surface area is 181 Å². The molecule has 1 saturated heterocycles. The van der Waals surface area contributed by atoms with Gasteiger partial charge in [0, 0.05) is 18.8 Å². The first-order valence-electron chi connectivity index (χ1n) is 10.4. The fraction of sp³-hybridized carbons (Fsp3) is 0.455. The Morgan fingerprint density at radius 3 is 2.71 bits per heavy atom. The fourth-order valence-corrected chi connectivity index (χ4v) is 4.38. The molecule has 2 heterocycles. The summed E-state index contributed by atoms with van der Waals surface area (Å²) in [6, 6.07) is 6.78. The molecule has 0 unspecified atom stereocenters. The highest BCUT2D eigenvalue weighted by Crippen LogP contribution is 2.45. The van der Waals surface area contributed by atoms with Crippen LogP contribution >= 0.6 is 0 Å². The Hall–Kier alpha value is -2.68. The maximum atomic E-state index is 14.7. The lowest BCUT2D eigenvalue weighted by atomic mass is 10.0. The zero-order chi connectivity index (χ0) is 22.2. The number of rotatable bonds is 7. The molecule has 7 nitrogen and oxygen atoms in total. The summed E-state index contributed by atoms with van der Waals surface area (Å²) in [5.74, 6) is -0.263. The Bertz CT molecular complexity index is 1080. The molecule has 1 aliphatic carbocycles. The lowest BCUT2D eigenvalue weighted by Gasteiger charge is -2.26. The van der Waals surface area contributed by atoms with E-state index in [-0.39, 0.29) is 17.5 Å². The first-order chi connectivity index (χ1) is 14.7. The Balaban J connectivity index is 1.52. The molecule has 4 rings (SSSR count). The highest BCUT2D eigenvalue weighted by Gasteiger charge is 2.31. The van der Waals surface area contributed by atoms with Crippen LogP contribution in [0.25, 0.3) is 0 Å². The molecule has 0 spiro atoms. The van der Waals surface area contributed by atoms with E-state index in [0.29, 0.717) is 12.4 Å². The lowest BCUT2D eigenvalue weighted by Crippen LogP contribution is -2.35. The average Bonchev–Trinajstić information content (AvgIpc) is 3.43. The number of anilines is 1. The van der Waals surface area contributed by atoms with Gasteiger partial charge in [0.1, 0.15) is 24.0 Å². The quantitative estimate of drug-likeness (QED) is 0.702. The highest BCUT2D eigenvalue weighted by atomic mass is 32.2. The SMILES string of the molecule is Cc1ccc(N2CCC[C@@H]2COc2cc(F)c(C(=O)NS(C)(=O)=O)cc2C2CC2)nc1. The van der Waals surface area contributed by atoms with Gasteiger partial charge < -0.3 is 9.64 Å². The van der Waals surface area contributed by atoms with E-state index >= 15 is 0 Å². The number of nitrogens with one attached hydrogen (secondary N) is 1. The molecule has 2 aliphatic rings. The number of halogens is 1. The minimum Gasteiger partial charge on any atom is -0.491 e. The third-order valence-corrected chi connectivity index (χ3v) is 6.19. The van der Waals surface area contributed by atoms with Crippen LogP contribution in [0.1, 0.15) is 53.1 Å². The van der Waals surface area contributed by atoms with E-state index in [1.165, 1.54) is 12.1 Å². The molecule has 166 valence electrons. The van der Waals surface area contributed by atoms with Crippen LogP contribution in [-0.4, -0.2) is 44.8 Å². The van der Waals surface area contributed by atoms with Gasteiger partial charge in [-0.1, -0.05) is 6.07 Å². The molecular weight excluding hydrogens is 421 g/mol. The van der Waals surface area contributed by atoms with Crippen molar-refractivity contribution in [1.82, 2.24) is 9.71 Å². The molecule has 2 aromatic rings. The van der Waals surface area contributed by atoms with Gasteiger partial charge in [0.05, 0.1) is 17.9 Å². The highest BCUT2D eigenvalue weighted by molar-refractivity contribution is 7.89. The van der Waals surface area contributed by atoms with Crippen molar-refractivity contribution in [1.29, 1.82) is 0 Å². The molecule has 0 bridgehead atoms. The number of hydrogen-bond donors (Lipinski definition) is 1. The third-order valence-electron chi connectivity index (χ3n) is 5.64. The molecular formula is C22H26FN3O4S. The molecule has 2 fully saturated rings. The number of carbonyl (C=O) groups excluding carboxylic acids is 1. The van der Waals surface area contributed by atoms with Gasteiger partial charge in [-0.3, -0.25) is 4.79 Å². The van der Waals surface area contributed by atoms with Gasteiger partial charge in [-0.15, -0.1) is 0 Å². The second-order valence-electron chi connectivity index (χ2n) is 8.34. The number of aryl methyl sites for hydroxylation is 1. The minimum absolute atomic E-state index is 0.124. The summed E-state index contributed by atoms with van der Waals surface area (Å²) in [6.07, 6.45) is 6.53. The molecule has 1 N–H and O–H groups in total. The van der Waals surface area contributed by atoms with E-state index in [1.807, 2.05) is 30.0 Å². The van der Waals surface area contributed by atoms with Crippen molar-refractivity contribution in [3.8, 4) is 5.75 Å². The van der Waals surface area contributed by atoms with Gasteiger partial charge in [-0.2, -0.15) is 0 Å². The number of amides is 1. The Morgan fingerprint density at radius 2 is 2.06 bits per heavy atom. The summed E-state index contributed by atoms with van der Waals surface area (Å²) in [7, 11) is -3.78. The smallest absolute Gasteiger partial charge is 0.267 e. The van der Waals surface area contributed by atoms with E-state index in [1.54, 1.807) is 0 Å². The number of nitrogens with zero attached hydrogens (tertiary/aromatic N) is 2. The van der Waals surface area contributed by atoms with Crippen LogP contribution in [0.3, 0.4) is 0 Å². The molecule has 31 heavy (non-hydrogen) atoms. The van der Waals surface area contributed by atoms with Crippen LogP contribution in [-0.2, 0) is 10.0 Å². The molecule has 1 atom stereocenters. The van der Waals surface area contributed by atoms with Crippen molar-refractivity contribution in [2.45, 2.75) is 44.6 Å². The number of sulfonamides is 1. The number of ether oxygens (including phenoxy) is 1. The van der Waals surface area contributed by atoms with Crippen LogP contribution in [0, 0.1) is 12.7 Å². The Morgan fingerprint density at radius 1 is 1.29 bits per heavy atom. The summed E-state index contributed by atoms with van der Waals surface area (Å²) in [6.45, 7) is 3.26. The molecule has 1 aromatic heterocycles. The number of carbonyl (C=O) groups is 1. The first-order valence-corrected chi connectivity index (χ1v) is 12.3. The predicted molar refractivity (Wildman–Crippen MR) is 116 cm³/mol. The topological polar surface area (TPSA) is 88.6 Å². The largest absolute Gasteiger partial charge is 0.491 e. The van der Waals surface area contributed by atoms with Crippen LogP contribution in [0.15, 0.2) is 30.5 Å². The summed E-state index contributed by atoms with van der Waals surface area (Å²) in [5.41, 5.74) is 1.56.